The highest BCUT2D eigenvalue weighted by Crippen LogP contribution is 2.29. The summed E-state index contributed by atoms with van der Waals surface area (Å²) in [4.78, 5) is 5.58. The first-order valence-corrected chi connectivity index (χ1v) is 7.06. The molecular weight excluding hydrogens is 264 g/mol. The molecule has 1 heterocycles. The molecule has 2 rings (SSSR count). The second-order valence-corrected chi connectivity index (χ2v) is 5.41. The van der Waals surface area contributed by atoms with Gasteiger partial charge in [-0.2, -0.15) is 0 Å². The lowest BCUT2D eigenvalue weighted by Crippen LogP contribution is -2.01. The van der Waals surface area contributed by atoms with Gasteiger partial charge in [-0.15, -0.1) is 0 Å². The average molecular weight is 279 g/mol. The lowest BCUT2D eigenvalue weighted by Gasteiger charge is -2.07. The number of rotatable bonds is 5. The molecule has 0 aliphatic heterocycles. The van der Waals surface area contributed by atoms with Gasteiger partial charge in [0.25, 0.3) is 0 Å². The minimum Gasteiger partial charge on any atom is -0.330 e. The molecule has 0 bridgehead atoms. The molecule has 0 saturated carbocycles. The molecular formula is C14H15ClN2S. The quantitative estimate of drug-likeness (QED) is 0.905. The molecule has 0 radical (unpaired) electrons. The zero-order valence-electron chi connectivity index (χ0n) is 9.97. The van der Waals surface area contributed by atoms with Crippen molar-refractivity contribution in [3.05, 3.63) is 53.2 Å². The SMILES string of the molecule is NCCCc1cccnc1Sc1ccc(Cl)cc1. The van der Waals surface area contributed by atoms with Crippen molar-refractivity contribution < 1.29 is 0 Å². The van der Waals surface area contributed by atoms with Gasteiger partial charge in [0.05, 0.1) is 0 Å². The van der Waals surface area contributed by atoms with Crippen molar-refractivity contribution in [1.29, 1.82) is 0 Å². The van der Waals surface area contributed by atoms with Crippen LogP contribution < -0.4 is 5.73 Å². The van der Waals surface area contributed by atoms with Gasteiger partial charge < -0.3 is 5.73 Å². The Bertz CT molecular complexity index is 499. The largest absolute Gasteiger partial charge is 0.330 e. The van der Waals surface area contributed by atoms with Crippen molar-refractivity contribution in [2.24, 2.45) is 5.73 Å². The number of nitrogens with zero attached hydrogens (tertiary/aromatic N) is 1. The van der Waals surface area contributed by atoms with Crippen LogP contribution in [0.25, 0.3) is 0 Å². The Morgan fingerprint density at radius 1 is 1.17 bits per heavy atom. The predicted octanol–water partition coefficient (Wildman–Crippen LogP) is 3.78. The minimum atomic E-state index is 0.708. The van der Waals surface area contributed by atoms with Crippen LogP contribution in [0, 0.1) is 0 Å². The average Bonchev–Trinajstić information content (AvgIpc) is 2.40. The molecule has 0 fully saturated rings. The van der Waals surface area contributed by atoms with Crippen LogP contribution in [-0.2, 0) is 6.42 Å². The molecule has 0 spiro atoms. The van der Waals surface area contributed by atoms with Gasteiger partial charge in [0.15, 0.2) is 0 Å². The third-order valence-electron chi connectivity index (χ3n) is 2.53. The number of hydrogen-bond donors (Lipinski definition) is 1. The van der Waals surface area contributed by atoms with Crippen molar-refractivity contribution in [3.63, 3.8) is 0 Å². The number of hydrogen-bond acceptors (Lipinski definition) is 3. The molecule has 2 nitrogen and oxygen atoms in total. The Kier molecular flexibility index (Phi) is 5.05. The number of halogens is 1. The number of benzene rings is 1. The van der Waals surface area contributed by atoms with Gasteiger partial charge in [-0.3, -0.25) is 0 Å². The zero-order chi connectivity index (χ0) is 12.8. The number of aryl methyl sites for hydroxylation is 1. The van der Waals surface area contributed by atoms with Crippen molar-refractivity contribution in [3.8, 4) is 0 Å². The summed E-state index contributed by atoms with van der Waals surface area (Å²) in [5, 5.41) is 1.80. The minimum absolute atomic E-state index is 0.708. The number of aromatic nitrogens is 1. The van der Waals surface area contributed by atoms with Crippen LogP contribution >= 0.6 is 23.4 Å². The van der Waals surface area contributed by atoms with Gasteiger partial charge in [-0.25, -0.2) is 4.98 Å². The van der Waals surface area contributed by atoms with Crippen molar-refractivity contribution in [2.75, 3.05) is 6.54 Å². The lowest BCUT2D eigenvalue weighted by molar-refractivity contribution is 0.808. The van der Waals surface area contributed by atoms with Gasteiger partial charge >= 0.3 is 0 Å². The molecule has 0 unspecified atom stereocenters. The van der Waals surface area contributed by atoms with Gasteiger partial charge in [0.1, 0.15) is 5.03 Å². The molecule has 0 saturated heterocycles. The van der Waals surface area contributed by atoms with E-state index in [-0.39, 0.29) is 0 Å². The Morgan fingerprint density at radius 3 is 2.67 bits per heavy atom. The highest BCUT2D eigenvalue weighted by molar-refractivity contribution is 7.99. The maximum absolute atomic E-state index is 5.88. The van der Waals surface area contributed by atoms with E-state index >= 15 is 0 Å². The van der Waals surface area contributed by atoms with E-state index in [1.165, 1.54) is 5.56 Å². The van der Waals surface area contributed by atoms with Crippen molar-refractivity contribution in [1.82, 2.24) is 4.98 Å². The van der Waals surface area contributed by atoms with E-state index < -0.39 is 0 Å². The van der Waals surface area contributed by atoms with Crippen LogP contribution in [0.3, 0.4) is 0 Å². The fraction of sp³-hybridized carbons (Fsp3) is 0.214. The first-order chi connectivity index (χ1) is 8.79. The van der Waals surface area contributed by atoms with Crippen LogP contribution in [0.15, 0.2) is 52.5 Å². The molecule has 4 heteroatoms. The molecule has 1 aromatic carbocycles. The van der Waals surface area contributed by atoms with Crippen LogP contribution in [0.4, 0.5) is 0 Å². The summed E-state index contributed by atoms with van der Waals surface area (Å²) < 4.78 is 0. The monoisotopic (exact) mass is 278 g/mol. The fourth-order valence-corrected chi connectivity index (χ4v) is 2.65. The number of pyridine rings is 1. The Hall–Kier alpha value is -1.03. The van der Waals surface area contributed by atoms with Gasteiger partial charge in [0.2, 0.25) is 0 Å². The third-order valence-corrected chi connectivity index (χ3v) is 3.85. The second-order valence-electron chi connectivity index (χ2n) is 3.92. The van der Waals surface area contributed by atoms with E-state index in [0.717, 1.165) is 27.8 Å². The third kappa shape index (κ3) is 3.73. The van der Waals surface area contributed by atoms with E-state index in [1.54, 1.807) is 11.8 Å². The van der Waals surface area contributed by atoms with Crippen LogP contribution in [-0.4, -0.2) is 11.5 Å². The summed E-state index contributed by atoms with van der Waals surface area (Å²) >= 11 is 7.54. The molecule has 94 valence electrons. The molecule has 0 amide bonds. The molecule has 0 aliphatic carbocycles. The summed E-state index contributed by atoms with van der Waals surface area (Å²) in [6, 6.07) is 11.9. The van der Waals surface area contributed by atoms with Crippen LogP contribution in [0.2, 0.25) is 5.02 Å². The Balaban J connectivity index is 2.15. The molecule has 2 N–H and O–H groups in total. The van der Waals surface area contributed by atoms with E-state index in [2.05, 4.69) is 11.1 Å². The van der Waals surface area contributed by atoms with Crippen LogP contribution in [0.1, 0.15) is 12.0 Å². The predicted molar refractivity (Wildman–Crippen MR) is 77.2 cm³/mol. The van der Waals surface area contributed by atoms with Gasteiger partial charge in [-0.1, -0.05) is 29.4 Å². The van der Waals surface area contributed by atoms with Crippen molar-refractivity contribution in [2.45, 2.75) is 22.8 Å². The highest BCUT2D eigenvalue weighted by atomic mass is 35.5. The number of nitrogens with two attached hydrogens (primary N) is 1. The van der Waals surface area contributed by atoms with Gasteiger partial charge in [-0.05, 0) is 55.3 Å². The normalized spacial score (nSPS) is 10.6. The maximum Gasteiger partial charge on any atom is 0.104 e. The van der Waals surface area contributed by atoms with Crippen LogP contribution in [0.5, 0.6) is 0 Å². The molecule has 0 aliphatic rings. The Morgan fingerprint density at radius 2 is 1.94 bits per heavy atom. The molecule has 0 atom stereocenters. The lowest BCUT2D eigenvalue weighted by atomic mass is 10.2. The summed E-state index contributed by atoms with van der Waals surface area (Å²) in [5.74, 6) is 0. The summed E-state index contributed by atoms with van der Waals surface area (Å²) in [6.07, 6.45) is 3.78. The van der Waals surface area contributed by atoms with Crippen molar-refractivity contribution >= 4 is 23.4 Å². The summed E-state index contributed by atoms with van der Waals surface area (Å²) in [6.45, 7) is 0.708. The topological polar surface area (TPSA) is 38.9 Å². The van der Waals surface area contributed by atoms with E-state index in [1.807, 2.05) is 36.5 Å². The standard InChI is InChI=1S/C14H15ClN2S/c15-12-5-7-13(8-6-12)18-14-11(3-1-9-16)4-2-10-17-14/h2,4-8,10H,1,3,9,16H2. The summed E-state index contributed by atoms with van der Waals surface area (Å²) in [5.41, 5.74) is 6.81. The van der Waals surface area contributed by atoms with E-state index in [0.29, 0.717) is 6.54 Å². The van der Waals surface area contributed by atoms with E-state index in [4.69, 9.17) is 17.3 Å². The molecule has 18 heavy (non-hydrogen) atoms. The summed E-state index contributed by atoms with van der Waals surface area (Å²) in [7, 11) is 0. The Labute approximate surface area is 117 Å². The first kappa shape index (κ1) is 13.4. The molecule has 1 aromatic heterocycles. The highest BCUT2D eigenvalue weighted by Gasteiger charge is 2.05. The maximum atomic E-state index is 5.88. The zero-order valence-corrected chi connectivity index (χ0v) is 11.5. The molecule has 2 aromatic rings. The second kappa shape index (κ2) is 6.78. The smallest absolute Gasteiger partial charge is 0.104 e. The van der Waals surface area contributed by atoms with E-state index in [9.17, 15) is 0 Å². The van der Waals surface area contributed by atoms with Gasteiger partial charge in [0, 0.05) is 16.1 Å². The fourth-order valence-electron chi connectivity index (χ4n) is 1.61. The first-order valence-electron chi connectivity index (χ1n) is 5.87.